The molecule has 15 heavy (non-hydrogen) atoms. The lowest BCUT2D eigenvalue weighted by atomic mass is 10.1. The van der Waals surface area contributed by atoms with Crippen LogP contribution >= 0.6 is 11.3 Å². The highest BCUT2D eigenvalue weighted by Gasteiger charge is 2.04. The van der Waals surface area contributed by atoms with Gasteiger partial charge in [0.15, 0.2) is 0 Å². The number of benzene rings is 1. The van der Waals surface area contributed by atoms with Gasteiger partial charge in [-0.3, -0.25) is 5.41 Å². The Labute approximate surface area is 91.7 Å². The highest BCUT2D eigenvalue weighted by Crippen LogP contribution is 2.26. The third kappa shape index (κ3) is 2.00. The van der Waals surface area contributed by atoms with E-state index in [0.717, 1.165) is 20.5 Å². The predicted octanol–water partition coefficient (Wildman–Crippen LogP) is 1.72. The second-order valence-corrected chi connectivity index (χ2v) is 4.45. The van der Waals surface area contributed by atoms with Gasteiger partial charge in [0, 0.05) is 11.3 Å². The maximum absolute atomic E-state index is 8.83. The van der Waals surface area contributed by atoms with Crippen molar-refractivity contribution >= 4 is 27.3 Å². The molecule has 1 aromatic heterocycles. The summed E-state index contributed by atoms with van der Waals surface area (Å²) >= 11 is 1.52. The number of aliphatic hydroxyl groups excluding tert-OH is 1. The number of aliphatic hydroxyl groups is 1. The number of nitrogens with one attached hydrogen (secondary N) is 1. The van der Waals surface area contributed by atoms with E-state index in [1.54, 1.807) is 0 Å². The Morgan fingerprint density at radius 1 is 1.40 bits per heavy atom. The van der Waals surface area contributed by atoms with E-state index in [4.69, 9.17) is 16.2 Å². The first-order chi connectivity index (χ1) is 7.20. The summed E-state index contributed by atoms with van der Waals surface area (Å²) in [6, 6.07) is 7.97. The fourth-order valence-corrected chi connectivity index (χ4v) is 2.41. The Kier molecular flexibility index (Phi) is 2.70. The summed E-state index contributed by atoms with van der Waals surface area (Å²) < 4.78 is 1.13. The minimum atomic E-state index is 0.111. The van der Waals surface area contributed by atoms with Crippen LogP contribution in [-0.2, 0) is 6.42 Å². The second kappa shape index (κ2) is 4.00. The molecule has 1 aromatic carbocycles. The lowest BCUT2D eigenvalue weighted by Crippen LogP contribution is -2.08. The standard InChI is InChI=1S/C11H12N2OS/c12-11(13)10-6-8-5-7(3-4-14)1-2-9(8)15-10/h1-2,5-6,14H,3-4H2,(H3,12,13). The van der Waals surface area contributed by atoms with E-state index in [9.17, 15) is 0 Å². The molecule has 0 saturated carbocycles. The van der Waals surface area contributed by atoms with Crippen LogP contribution in [0.5, 0.6) is 0 Å². The van der Waals surface area contributed by atoms with E-state index >= 15 is 0 Å². The Morgan fingerprint density at radius 3 is 2.87 bits per heavy atom. The van der Waals surface area contributed by atoms with Gasteiger partial charge >= 0.3 is 0 Å². The number of hydrogen-bond acceptors (Lipinski definition) is 3. The molecule has 1 heterocycles. The van der Waals surface area contributed by atoms with Gasteiger partial charge in [0.05, 0.1) is 4.88 Å². The number of nitrogens with two attached hydrogens (primary N) is 1. The van der Waals surface area contributed by atoms with Gasteiger partial charge < -0.3 is 10.8 Å². The molecule has 78 valence electrons. The highest BCUT2D eigenvalue weighted by molar-refractivity contribution is 7.20. The van der Waals surface area contributed by atoms with Crippen molar-refractivity contribution in [1.29, 1.82) is 5.41 Å². The minimum Gasteiger partial charge on any atom is -0.396 e. The van der Waals surface area contributed by atoms with Crippen molar-refractivity contribution in [3.05, 3.63) is 34.7 Å². The fourth-order valence-electron chi connectivity index (χ4n) is 1.51. The molecule has 0 aliphatic heterocycles. The van der Waals surface area contributed by atoms with Crippen LogP contribution in [0.3, 0.4) is 0 Å². The number of rotatable bonds is 3. The zero-order valence-electron chi connectivity index (χ0n) is 8.16. The zero-order chi connectivity index (χ0) is 10.8. The summed E-state index contributed by atoms with van der Waals surface area (Å²) in [6.45, 7) is 0.162. The van der Waals surface area contributed by atoms with Crippen LogP contribution in [0.2, 0.25) is 0 Å². The molecule has 0 bridgehead atoms. The van der Waals surface area contributed by atoms with Gasteiger partial charge in [-0.25, -0.2) is 0 Å². The molecule has 0 saturated heterocycles. The highest BCUT2D eigenvalue weighted by atomic mass is 32.1. The van der Waals surface area contributed by atoms with Crippen LogP contribution in [0.25, 0.3) is 10.1 Å². The summed E-state index contributed by atoms with van der Waals surface area (Å²) in [4.78, 5) is 0.797. The molecule has 0 amide bonds. The van der Waals surface area contributed by atoms with Gasteiger partial charge in [0.25, 0.3) is 0 Å². The topological polar surface area (TPSA) is 70.1 Å². The van der Waals surface area contributed by atoms with Gasteiger partial charge in [-0.05, 0) is 29.5 Å². The Hall–Kier alpha value is -1.39. The van der Waals surface area contributed by atoms with Crippen molar-refractivity contribution in [3.63, 3.8) is 0 Å². The molecule has 0 unspecified atom stereocenters. The van der Waals surface area contributed by atoms with Crippen LogP contribution in [-0.4, -0.2) is 17.5 Å². The molecule has 0 radical (unpaired) electrons. The van der Waals surface area contributed by atoms with E-state index in [-0.39, 0.29) is 12.4 Å². The molecule has 0 spiro atoms. The lowest BCUT2D eigenvalue weighted by Gasteiger charge is -1.96. The van der Waals surface area contributed by atoms with Gasteiger partial charge in [-0.15, -0.1) is 11.3 Å². The van der Waals surface area contributed by atoms with Crippen LogP contribution in [0, 0.1) is 5.41 Å². The van der Waals surface area contributed by atoms with E-state index in [1.807, 2.05) is 24.3 Å². The third-order valence-corrected chi connectivity index (χ3v) is 3.40. The summed E-state index contributed by atoms with van der Waals surface area (Å²) in [5, 5.41) is 17.3. The van der Waals surface area contributed by atoms with Crippen LogP contribution in [0.15, 0.2) is 24.3 Å². The quantitative estimate of drug-likeness (QED) is 0.544. The summed E-state index contributed by atoms with van der Waals surface area (Å²) in [7, 11) is 0. The first-order valence-electron chi connectivity index (χ1n) is 4.68. The SMILES string of the molecule is N=C(N)c1cc2cc(CCO)ccc2s1. The Morgan fingerprint density at radius 2 is 2.20 bits per heavy atom. The van der Waals surface area contributed by atoms with E-state index in [2.05, 4.69) is 0 Å². The summed E-state index contributed by atoms with van der Waals surface area (Å²) in [6.07, 6.45) is 0.668. The van der Waals surface area contributed by atoms with Gasteiger partial charge in [0.2, 0.25) is 0 Å². The van der Waals surface area contributed by atoms with Crippen LogP contribution < -0.4 is 5.73 Å². The smallest absolute Gasteiger partial charge is 0.133 e. The first-order valence-corrected chi connectivity index (χ1v) is 5.50. The summed E-state index contributed by atoms with van der Waals surface area (Å²) in [5.74, 6) is 0.111. The van der Waals surface area contributed by atoms with Gasteiger partial charge in [0.1, 0.15) is 5.84 Å². The molecule has 0 aliphatic rings. The summed E-state index contributed by atoms with van der Waals surface area (Å²) in [5.41, 5.74) is 6.54. The number of nitrogen functional groups attached to an aromatic ring is 1. The molecule has 3 nitrogen and oxygen atoms in total. The van der Waals surface area contributed by atoms with E-state index in [0.29, 0.717) is 6.42 Å². The van der Waals surface area contributed by atoms with Crippen LogP contribution in [0.1, 0.15) is 10.4 Å². The zero-order valence-corrected chi connectivity index (χ0v) is 8.97. The Bertz CT molecular complexity index is 504. The largest absolute Gasteiger partial charge is 0.396 e. The van der Waals surface area contributed by atoms with Crippen molar-refractivity contribution in [2.75, 3.05) is 6.61 Å². The van der Waals surface area contributed by atoms with Crippen molar-refractivity contribution in [2.24, 2.45) is 5.73 Å². The number of amidine groups is 1. The molecule has 0 atom stereocenters. The lowest BCUT2D eigenvalue weighted by molar-refractivity contribution is 0.299. The predicted molar refractivity (Wildman–Crippen MR) is 63.6 cm³/mol. The van der Waals surface area contributed by atoms with E-state index in [1.165, 1.54) is 11.3 Å². The Balaban J connectivity index is 2.47. The molecule has 0 fully saturated rings. The molecule has 4 N–H and O–H groups in total. The normalized spacial score (nSPS) is 10.7. The minimum absolute atomic E-state index is 0.111. The fraction of sp³-hybridized carbons (Fsp3) is 0.182. The third-order valence-electron chi connectivity index (χ3n) is 2.25. The average molecular weight is 220 g/mol. The number of thiophene rings is 1. The number of hydrogen-bond donors (Lipinski definition) is 3. The first kappa shape index (κ1) is 10.1. The van der Waals surface area contributed by atoms with E-state index < -0.39 is 0 Å². The molecule has 0 aliphatic carbocycles. The van der Waals surface area contributed by atoms with Crippen molar-refractivity contribution in [1.82, 2.24) is 0 Å². The molecular weight excluding hydrogens is 208 g/mol. The van der Waals surface area contributed by atoms with Gasteiger partial charge in [-0.2, -0.15) is 0 Å². The average Bonchev–Trinajstić information content (AvgIpc) is 2.61. The van der Waals surface area contributed by atoms with Gasteiger partial charge in [-0.1, -0.05) is 12.1 Å². The van der Waals surface area contributed by atoms with Crippen LogP contribution in [0.4, 0.5) is 0 Å². The number of fused-ring (bicyclic) bond motifs is 1. The second-order valence-electron chi connectivity index (χ2n) is 3.37. The molecular formula is C11H12N2OS. The van der Waals surface area contributed by atoms with Crippen molar-refractivity contribution in [3.8, 4) is 0 Å². The van der Waals surface area contributed by atoms with Crippen molar-refractivity contribution < 1.29 is 5.11 Å². The molecule has 4 heteroatoms. The maximum Gasteiger partial charge on any atom is 0.133 e. The maximum atomic E-state index is 8.83. The molecule has 2 aromatic rings. The monoisotopic (exact) mass is 220 g/mol. The molecule has 2 rings (SSSR count). The van der Waals surface area contributed by atoms with Crippen molar-refractivity contribution in [2.45, 2.75) is 6.42 Å².